The zero-order chi connectivity index (χ0) is 19.8. The largest absolute Gasteiger partial charge is 0.445 e. The highest BCUT2D eigenvalue weighted by atomic mass is 19.1. The molecule has 1 N–H and O–H groups in total. The summed E-state index contributed by atoms with van der Waals surface area (Å²) < 4.78 is 18.6. The minimum absolute atomic E-state index is 0.105. The van der Waals surface area contributed by atoms with Crippen molar-refractivity contribution in [3.05, 3.63) is 54.2 Å². The van der Waals surface area contributed by atoms with Gasteiger partial charge in [-0.1, -0.05) is 12.1 Å². The molecule has 2 saturated heterocycles. The van der Waals surface area contributed by atoms with Crippen molar-refractivity contribution in [1.29, 1.82) is 0 Å². The standard InChI is InChI=1S/C21H22FN5O2/c22-15-5-3-14(4-6-15)12-29-21(28)27-10-1-2-17-18(27)8-11-26(17)20-16-7-9-23-19(16)24-13-25-20/h3-7,9,13,17-18H,1-2,8,10-12H2,(H,23,24,25). The second kappa shape index (κ2) is 7.35. The summed E-state index contributed by atoms with van der Waals surface area (Å²) in [7, 11) is 0. The second-order valence-corrected chi connectivity index (χ2v) is 7.57. The SMILES string of the molecule is O=C(OCc1ccc(F)cc1)N1CCCC2C1CCN2c1ncnc2[nH]ccc12. The van der Waals surface area contributed by atoms with Crippen LogP contribution < -0.4 is 4.90 Å². The number of rotatable bonds is 3. The van der Waals surface area contributed by atoms with Gasteiger partial charge in [0, 0.05) is 19.3 Å². The first-order chi connectivity index (χ1) is 14.2. The Morgan fingerprint density at radius 1 is 1.14 bits per heavy atom. The fourth-order valence-electron chi connectivity index (χ4n) is 4.57. The van der Waals surface area contributed by atoms with Crippen LogP contribution in [0.15, 0.2) is 42.9 Å². The molecule has 2 aliphatic heterocycles. The molecule has 0 bridgehead atoms. The van der Waals surface area contributed by atoms with E-state index in [1.165, 1.54) is 12.1 Å². The number of nitrogens with one attached hydrogen (secondary N) is 1. The van der Waals surface area contributed by atoms with Gasteiger partial charge >= 0.3 is 6.09 Å². The van der Waals surface area contributed by atoms with Gasteiger partial charge in [-0.25, -0.2) is 19.2 Å². The number of anilines is 1. The highest BCUT2D eigenvalue weighted by Crippen LogP contribution is 2.36. The number of likely N-dealkylation sites (tertiary alicyclic amines) is 1. The van der Waals surface area contributed by atoms with Gasteiger partial charge in [0.15, 0.2) is 0 Å². The van der Waals surface area contributed by atoms with Crippen LogP contribution in [0.5, 0.6) is 0 Å². The molecule has 2 aliphatic rings. The number of aromatic amines is 1. The Morgan fingerprint density at radius 2 is 2.00 bits per heavy atom. The third kappa shape index (κ3) is 3.28. The average Bonchev–Trinajstić information content (AvgIpc) is 3.39. The molecule has 8 heteroatoms. The Balaban J connectivity index is 1.30. The zero-order valence-corrected chi connectivity index (χ0v) is 15.9. The summed E-state index contributed by atoms with van der Waals surface area (Å²) in [5.74, 6) is 0.622. The first-order valence-corrected chi connectivity index (χ1v) is 9.93. The molecule has 2 fully saturated rings. The normalized spacial score (nSPS) is 21.4. The molecule has 0 saturated carbocycles. The van der Waals surface area contributed by atoms with Crippen molar-refractivity contribution >= 4 is 22.9 Å². The predicted molar refractivity (Wildman–Crippen MR) is 106 cm³/mol. The van der Waals surface area contributed by atoms with E-state index < -0.39 is 0 Å². The molecule has 0 radical (unpaired) electrons. The van der Waals surface area contributed by atoms with Crippen molar-refractivity contribution in [3.63, 3.8) is 0 Å². The van der Waals surface area contributed by atoms with E-state index in [0.717, 1.165) is 48.2 Å². The summed E-state index contributed by atoms with van der Waals surface area (Å²) in [4.78, 5) is 28.9. The summed E-state index contributed by atoms with van der Waals surface area (Å²) >= 11 is 0. The topological polar surface area (TPSA) is 74.3 Å². The number of benzene rings is 1. The number of hydrogen-bond acceptors (Lipinski definition) is 5. The van der Waals surface area contributed by atoms with Gasteiger partial charge < -0.3 is 19.5 Å². The predicted octanol–water partition coefficient (Wildman–Crippen LogP) is 3.48. The molecule has 2 atom stereocenters. The van der Waals surface area contributed by atoms with E-state index >= 15 is 0 Å². The number of ether oxygens (including phenoxy) is 1. The maximum absolute atomic E-state index is 13.0. The fourth-order valence-corrected chi connectivity index (χ4v) is 4.57. The van der Waals surface area contributed by atoms with Crippen LogP contribution in [0, 0.1) is 5.82 Å². The Bertz CT molecular complexity index is 1020. The minimum Gasteiger partial charge on any atom is -0.445 e. The van der Waals surface area contributed by atoms with Crippen LogP contribution in [0.25, 0.3) is 11.0 Å². The molecule has 7 nitrogen and oxygen atoms in total. The van der Waals surface area contributed by atoms with E-state index in [1.807, 2.05) is 17.2 Å². The van der Waals surface area contributed by atoms with Gasteiger partial charge in [-0.3, -0.25) is 0 Å². The molecular formula is C21H22FN5O2. The lowest BCUT2D eigenvalue weighted by Gasteiger charge is -2.39. The molecule has 0 aliphatic carbocycles. The maximum Gasteiger partial charge on any atom is 0.410 e. The monoisotopic (exact) mass is 395 g/mol. The van der Waals surface area contributed by atoms with E-state index in [9.17, 15) is 9.18 Å². The molecule has 1 aromatic carbocycles. The van der Waals surface area contributed by atoms with E-state index in [4.69, 9.17) is 4.74 Å². The molecule has 2 aromatic heterocycles. The number of amides is 1. The number of hydrogen-bond donors (Lipinski definition) is 1. The van der Waals surface area contributed by atoms with Crippen molar-refractivity contribution < 1.29 is 13.9 Å². The second-order valence-electron chi connectivity index (χ2n) is 7.57. The van der Waals surface area contributed by atoms with Gasteiger partial charge in [0.1, 0.15) is 30.2 Å². The molecule has 4 heterocycles. The van der Waals surface area contributed by atoms with Gasteiger partial charge in [0.25, 0.3) is 0 Å². The van der Waals surface area contributed by atoms with Crippen molar-refractivity contribution in [2.24, 2.45) is 0 Å². The van der Waals surface area contributed by atoms with Crippen LogP contribution in [-0.2, 0) is 11.3 Å². The number of H-pyrrole nitrogens is 1. The van der Waals surface area contributed by atoms with Crippen LogP contribution >= 0.6 is 0 Å². The van der Waals surface area contributed by atoms with E-state index in [0.29, 0.717) is 6.54 Å². The lowest BCUT2D eigenvalue weighted by atomic mass is 9.97. The molecule has 2 unspecified atom stereocenters. The summed E-state index contributed by atoms with van der Waals surface area (Å²) in [6.07, 6.45) is 5.97. The summed E-state index contributed by atoms with van der Waals surface area (Å²) in [6, 6.07) is 8.34. The first kappa shape index (κ1) is 17.9. The highest BCUT2D eigenvalue weighted by molar-refractivity contribution is 5.87. The number of fused-ring (bicyclic) bond motifs is 2. The lowest BCUT2D eigenvalue weighted by Crippen LogP contribution is -2.52. The molecule has 5 rings (SSSR count). The number of aromatic nitrogens is 3. The van der Waals surface area contributed by atoms with Crippen LogP contribution in [0.3, 0.4) is 0 Å². The minimum atomic E-state index is -0.305. The summed E-state index contributed by atoms with van der Waals surface area (Å²) in [6.45, 7) is 1.68. The molecule has 1 amide bonds. The van der Waals surface area contributed by atoms with Crippen LogP contribution in [0.2, 0.25) is 0 Å². The van der Waals surface area contributed by atoms with Crippen molar-refractivity contribution in [1.82, 2.24) is 19.9 Å². The van der Waals surface area contributed by atoms with Gasteiger partial charge in [0.05, 0.1) is 17.5 Å². The Hall–Kier alpha value is -3.16. The molecule has 0 spiro atoms. The molecule has 150 valence electrons. The Labute approximate surface area is 167 Å². The van der Waals surface area contributed by atoms with Crippen LogP contribution in [0.1, 0.15) is 24.8 Å². The number of nitrogens with zero attached hydrogens (tertiary/aromatic N) is 4. The van der Waals surface area contributed by atoms with Crippen LogP contribution in [-0.4, -0.2) is 51.1 Å². The van der Waals surface area contributed by atoms with Crippen molar-refractivity contribution in [2.45, 2.75) is 38.0 Å². The highest BCUT2D eigenvalue weighted by Gasteiger charge is 2.43. The quantitative estimate of drug-likeness (QED) is 0.735. The number of piperidine rings is 1. The van der Waals surface area contributed by atoms with E-state index in [-0.39, 0.29) is 30.6 Å². The molecule has 3 aromatic rings. The first-order valence-electron chi connectivity index (χ1n) is 9.93. The Morgan fingerprint density at radius 3 is 2.86 bits per heavy atom. The average molecular weight is 395 g/mol. The van der Waals surface area contributed by atoms with Gasteiger partial charge in [-0.15, -0.1) is 0 Å². The smallest absolute Gasteiger partial charge is 0.410 e. The van der Waals surface area contributed by atoms with Crippen LogP contribution in [0.4, 0.5) is 15.0 Å². The number of halogens is 1. The van der Waals surface area contributed by atoms with Gasteiger partial charge in [-0.05, 0) is 43.0 Å². The van der Waals surface area contributed by atoms with Crippen molar-refractivity contribution in [3.8, 4) is 0 Å². The maximum atomic E-state index is 13.0. The summed E-state index contributed by atoms with van der Waals surface area (Å²) in [5.41, 5.74) is 1.60. The van der Waals surface area contributed by atoms with Gasteiger partial charge in [0.2, 0.25) is 0 Å². The lowest BCUT2D eigenvalue weighted by molar-refractivity contribution is 0.0673. The third-order valence-corrected chi connectivity index (χ3v) is 5.92. The Kier molecular flexibility index (Phi) is 4.54. The number of carbonyl (C=O) groups excluding carboxylic acids is 1. The van der Waals surface area contributed by atoms with Crippen molar-refractivity contribution in [2.75, 3.05) is 18.0 Å². The fraction of sp³-hybridized carbons (Fsp3) is 0.381. The van der Waals surface area contributed by atoms with E-state index in [2.05, 4.69) is 19.9 Å². The van der Waals surface area contributed by atoms with Gasteiger partial charge in [-0.2, -0.15) is 0 Å². The third-order valence-electron chi connectivity index (χ3n) is 5.92. The molecule has 29 heavy (non-hydrogen) atoms. The number of carbonyl (C=O) groups is 1. The summed E-state index contributed by atoms with van der Waals surface area (Å²) in [5, 5.41) is 1.00. The molecular weight excluding hydrogens is 373 g/mol. The zero-order valence-electron chi connectivity index (χ0n) is 15.9. The van der Waals surface area contributed by atoms with E-state index in [1.54, 1.807) is 18.5 Å².